The van der Waals surface area contributed by atoms with Gasteiger partial charge in [-0.15, -0.1) is 0 Å². The van der Waals surface area contributed by atoms with Crippen molar-refractivity contribution in [3.05, 3.63) is 59.7 Å². The zero-order valence-corrected chi connectivity index (χ0v) is 17.1. The van der Waals surface area contributed by atoms with Crippen LogP contribution in [0.5, 0.6) is 0 Å². The van der Waals surface area contributed by atoms with E-state index in [4.69, 9.17) is 0 Å². The zero-order chi connectivity index (χ0) is 18.5. The Morgan fingerprint density at radius 1 is 0.667 bits per heavy atom. The van der Waals surface area contributed by atoms with Gasteiger partial charge in [-0.25, -0.2) is 0 Å². The molecule has 0 spiro atoms. The van der Waals surface area contributed by atoms with E-state index in [1.54, 1.807) is 0 Å². The van der Waals surface area contributed by atoms with E-state index in [-0.39, 0.29) is 14.3 Å². The predicted molar refractivity (Wildman–Crippen MR) is 118 cm³/mol. The molecule has 2 rings (SSSR count). The van der Waals surface area contributed by atoms with E-state index >= 15 is 0 Å². The van der Waals surface area contributed by atoms with Crippen LogP contribution in [0.25, 0.3) is 11.1 Å². The fourth-order valence-corrected chi connectivity index (χ4v) is 2.52. The minimum absolute atomic E-state index is 0. The van der Waals surface area contributed by atoms with Gasteiger partial charge in [-0.05, 0) is 34.6 Å². The second kappa shape index (κ2) is 15.0. The van der Waals surface area contributed by atoms with E-state index in [1.807, 2.05) is 41.5 Å². The van der Waals surface area contributed by atoms with E-state index in [9.17, 15) is 0 Å². The summed E-state index contributed by atoms with van der Waals surface area (Å²) in [7, 11) is 0. The van der Waals surface area contributed by atoms with Crippen molar-refractivity contribution in [2.45, 2.75) is 82.1 Å². The Balaban J connectivity index is -0.000000250. The Morgan fingerprint density at radius 2 is 1.12 bits per heavy atom. The summed E-state index contributed by atoms with van der Waals surface area (Å²) in [6.45, 7) is 21.0. The number of rotatable bonds is 1. The van der Waals surface area contributed by atoms with Gasteiger partial charge in [-0.2, -0.15) is 0 Å². The smallest absolute Gasteiger partial charge is 0 e. The van der Waals surface area contributed by atoms with Crippen LogP contribution in [0, 0.1) is 6.92 Å². The van der Waals surface area contributed by atoms with Crippen LogP contribution in [-0.4, -0.2) is 0 Å². The van der Waals surface area contributed by atoms with E-state index in [2.05, 4.69) is 76.2 Å². The third-order valence-corrected chi connectivity index (χ3v) is 3.11. The topological polar surface area (TPSA) is 0 Å². The largest absolute Gasteiger partial charge is 0.0776 e. The van der Waals surface area contributed by atoms with E-state index in [0.717, 1.165) is 0 Å². The van der Waals surface area contributed by atoms with Gasteiger partial charge in [-0.1, -0.05) is 118 Å². The van der Waals surface area contributed by atoms with Crippen LogP contribution in [0.4, 0.5) is 0 Å². The molecular weight excluding hydrogens is 288 g/mol. The molecule has 0 atom stereocenters. The lowest BCUT2D eigenvalue weighted by molar-refractivity contribution is 0.588. The van der Waals surface area contributed by atoms with Gasteiger partial charge < -0.3 is 0 Å². The van der Waals surface area contributed by atoms with Gasteiger partial charge in [0.1, 0.15) is 0 Å². The molecule has 140 valence electrons. The van der Waals surface area contributed by atoms with Crippen LogP contribution in [0.3, 0.4) is 0 Å². The lowest BCUT2D eigenvalue weighted by Crippen LogP contribution is -2.14. The first-order valence-corrected chi connectivity index (χ1v) is 9.15. The zero-order valence-electron chi connectivity index (χ0n) is 17.1. The summed E-state index contributed by atoms with van der Waals surface area (Å²) in [5, 5.41) is 0. The Hall–Kier alpha value is -1.56. The number of hydrogen-bond acceptors (Lipinski definition) is 0. The summed E-state index contributed by atoms with van der Waals surface area (Å²) in [5.74, 6) is 0. The summed E-state index contributed by atoms with van der Waals surface area (Å²) < 4.78 is 0. The highest BCUT2D eigenvalue weighted by molar-refractivity contribution is 5.70. The van der Waals surface area contributed by atoms with Crippen LogP contribution in [-0.2, 0) is 5.41 Å². The summed E-state index contributed by atoms with van der Waals surface area (Å²) in [6, 6.07) is 17.2. The quantitative estimate of drug-likeness (QED) is 0.488. The van der Waals surface area contributed by atoms with Crippen LogP contribution >= 0.6 is 0 Å². The second-order valence-corrected chi connectivity index (χ2v) is 5.61. The molecule has 0 radical (unpaired) electrons. The molecule has 0 heterocycles. The van der Waals surface area contributed by atoms with Crippen molar-refractivity contribution in [1.82, 2.24) is 0 Å². The Morgan fingerprint density at radius 3 is 1.54 bits per heavy atom. The molecule has 2 aromatic carbocycles. The third-order valence-electron chi connectivity index (χ3n) is 3.11. The van der Waals surface area contributed by atoms with Crippen molar-refractivity contribution in [3.63, 3.8) is 0 Å². The van der Waals surface area contributed by atoms with Crippen molar-refractivity contribution in [2.75, 3.05) is 0 Å². The van der Waals surface area contributed by atoms with Crippen molar-refractivity contribution in [1.29, 1.82) is 0 Å². The molecule has 0 aliphatic carbocycles. The van der Waals surface area contributed by atoms with Gasteiger partial charge >= 0.3 is 0 Å². The lowest BCUT2D eigenvalue weighted by atomic mass is 9.79. The van der Waals surface area contributed by atoms with Crippen molar-refractivity contribution >= 4 is 0 Å². The fourth-order valence-electron chi connectivity index (χ4n) is 2.52. The van der Waals surface area contributed by atoms with Crippen LogP contribution in [0.2, 0.25) is 0 Å². The first-order chi connectivity index (χ1) is 11.0. The molecule has 0 aliphatic rings. The first-order valence-electron chi connectivity index (χ1n) is 9.15. The van der Waals surface area contributed by atoms with E-state index in [1.165, 1.54) is 22.3 Å². The fraction of sp³-hybridized carbons (Fsp3) is 0.500. The molecule has 24 heavy (non-hydrogen) atoms. The van der Waals surface area contributed by atoms with Crippen molar-refractivity contribution < 1.29 is 1.43 Å². The maximum atomic E-state index is 2.28. The highest BCUT2D eigenvalue weighted by atomic mass is 14.2. The first kappa shape index (κ1) is 27.3. The highest BCUT2D eigenvalue weighted by Crippen LogP contribution is 2.35. The Labute approximate surface area is 154 Å². The minimum atomic E-state index is 0. The minimum Gasteiger partial charge on any atom is -0.0776 e. The maximum absolute atomic E-state index is 2.28. The third kappa shape index (κ3) is 8.34. The van der Waals surface area contributed by atoms with Crippen molar-refractivity contribution in [2.24, 2.45) is 0 Å². The summed E-state index contributed by atoms with van der Waals surface area (Å²) in [5.41, 5.74) is 5.67. The summed E-state index contributed by atoms with van der Waals surface area (Å²) >= 11 is 0. The van der Waals surface area contributed by atoms with Crippen LogP contribution in [0.15, 0.2) is 48.5 Å². The highest BCUT2D eigenvalue weighted by Gasteiger charge is 2.20. The number of benzene rings is 2. The molecule has 0 saturated heterocycles. The van der Waals surface area contributed by atoms with Crippen LogP contribution < -0.4 is 0 Å². The Kier molecular flexibility index (Phi) is 17.1. The average Bonchev–Trinajstić information content (AvgIpc) is 2.60. The second-order valence-electron chi connectivity index (χ2n) is 5.61. The molecule has 0 nitrogen and oxygen atoms in total. The van der Waals surface area contributed by atoms with E-state index in [0.29, 0.717) is 0 Å². The monoisotopic (exact) mass is 333 g/mol. The predicted octanol–water partition coefficient (Wildman–Crippen LogP) is 8.92. The molecule has 0 aromatic heterocycles. The molecule has 0 saturated carbocycles. The van der Waals surface area contributed by atoms with Gasteiger partial charge in [0.15, 0.2) is 0 Å². The maximum Gasteiger partial charge on any atom is 0 e. The van der Waals surface area contributed by atoms with Gasteiger partial charge in [0, 0.05) is 1.43 Å². The SMILES string of the molecule is C.CC.CC.CC.Cc1cccc(-c2ccccc2)c1C(C)(C)C.[2HH]. The normalized spacial score (nSPS) is 8.92. The number of hydrogen-bond donors (Lipinski definition) is 0. The average molecular weight is 334 g/mol. The van der Waals surface area contributed by atoms with Crippen molar-refractivity contribution in [3.8, 4) is 11.1 Å². The summed E-state index contributed by atoms with van der Waals surface area (Å²) in [4.78, 5) is 0. The molecule has 0 heteroatoms. The Bertz CT molecular complexity index is 507. The standard InChI is InChI=1S/C17H20.3C2H6.CH4.H2/c1-13-9-8-12-15(16(13)17(2,3)4)14-10-6-5-7-11-14;3*1-2;;/h5-12H,1-4H3;3*1-2H3;1H4;1H/i;;;;;1+1. The van der Waals surface area contributed by atoms with Gasteiger partial charge in [0.2, 0.25) is 0 Å². The number of aryl methyl sites for hydroxylation is 1. The summed E-state index contributed by atoms with van der Waals surface area (Å²) in [6.07, 6.45) is 0. The van der Waals surface area contributed by atoms with Gasteiger partial charge in [0.05, 0.1) is 0 Å². The molecule has 2 aromatic rings. The molecule has 0 amide bonds. The molecule has 0 fully saturated rings. The van der Waals surface area contributed by atoms with Crippen LogP contribution in [0.1, 0.15) is 82.3 Å². The van der Waals surface area contributed by atoms with E-state index < -0.39 is 0 Å². The molecule has 0 N–H and O–H groups in total. The molecule has 0 unspecified atom stereocenters. The molecule has 0 aliphatic heterocycles. The lowest BCUT2D eigenvalue weighted by Gasteiger charge is -2.25. The van der Waals surface area contributed by atoms with Gasteiger partial charge in [0.25, 0.3) is 0 Å². The van der Waals surface area contributed by atoms with Gasteiger partial charge in [-0.3, -0.25) is 0 Å². The molecule has 0 bridgehead atoms. The molecular formula is C24H44.